The lowest BCUT2D eigenvalue weighted by atomic mass is 10.1. The third kappa shape index (κ3) is 4.57. The van der Waals surface area contributed by atoms with Gasteiger partial charge in [-0.25, -0.2) is 0 Å². The van der Waals surface area contributed by atoms with Crippen molar-refractivity contribution in [2.45, 2.75) is 26.8 Å². The van der Waals surface area contributed by atoms with Gasteiger partial charge in [0.1, 0.15) is 6.29 Å². The smallest absolute Gasteiger partial charge is 0.258 e. The summed E-state index contributed by atoms with van der Waals surface area (Å²) in [4.78, 5) is 22.4. The van der Waals surface area contributed by atoms with Gasteiger partial charge in [-0.3, -0.25) is 9.59 Å². The zero-order chi connectivity index (χ0) is 15.1. The molecule has 20 heavy (non-hydrogen) atoms. The minimum absolute atomic E-state index is 0.0884. The number of hydrogen-bond acceptors (Lipinski definition) is 4. The average molecular weight is 279 g/mol. The van der Waals surface area contributed by atoms with E-state index in [-0.39, 0.29) is 18.6 Å². The van der Waals surface area contributed by atoms with Gasteiger partial charge in [-0.15, -0.1) is 0 Å². The van der Waals surface area contributed by atoms with E-state index in [1.54, 1.807) is 18.2 Å². The quantitative estimate of drug-likeness (QED) is 0.776. The average Bonchev–Trinajstić information content (AvgIpc) is 2.44. The molecule has 0 aromatic heterocycles. The number of rotatable bonds is 7. The van der Waals surface area contributed by atoms with Crippen LogP contribution in [0.3, 0.4) is 0 Å². The molecule has 0 unspecified atom stereocenters. The van der Waals surface area contributed by atoms with Crippen LogP contribution in [0.2, 0.25) is 0 Å². The van der Waals surface area contributed by atoms with Crippen molar-refractivity contribution in [1.29, 1.82) is 0 Å². The van der Waals surface area contributed by atoms with Crippen molar-refractivity contribution < 1.29 is 19.1 Å². The lowest BCUT2D eigenvalue weighted by Crippen LogP contribution is -2.38. The molecule has 0 saturated carbocycles. The molecule has 1 aromatic carbocycles. The van der Waals surface area contributed by atoms with Crippen molar-refractivity contribution in [3.05, 3.63) is 23.8 Å². The topological polar surface area (TPSA) is 64.6 Å². The van der Waals surface area contributed by atoms with Gasteiger partial charge < -0.3 is 14.8 Å². The van der Waals surface area contributed by atoms with Crippen LogP contribution in [0.4, 0.5) is 0 Å². The first kappa shape index (κ1) is 16.0. The third-order valence-corrected chi connectivity index (χ3v) is 3.07. The first-order chi connectivity index (χ1) is 9.47. The molecular weight excluding hydrogens is 258 g/mol. The molecule has 1 rings (SSSR count). The summed E-state index contributed by atoms with van der Waals surface area (Å²) in [5, 5.41) is 2.85. The lowest BCUT2D eigenvalue weighted by molar-refractivity contribution is -0.124. The molecule has 1 atom stereocenters. The van der Waals surface area contributed by atoms with Crippen LogP contribution >= 0.6 is 0 Å². The number of nitrogens with one attached hydrogen (secondary N) is 1. The Morgan fingerprint density at radius 1 is 1.30 bits per heavy atom. The highest BCUT2D eigenvalue weighted by molar-refractivity contribution is 5.78. The first-order valence-corrected chi connectivity index (χ1v) is 6.53. The maximum Gasteiger partial charge on any atom is 0.258 e. The molecule has 0 aliphatic heterocycles. The molecule has 0 aliphatic carbocycles. The van der Waals surface area contributed by atoms with E-state index in [0.29, 0.717) is 23.0 Å². The molecule has 0 heterocycles. The van der Waals surface area contributed by atoms with Gasteiger partial charge in [-0.2, -0.15) is 0 Å². The first-order valence-electron chi connectivity index (χ1n) is 6.53. The lowest BCUT2D eigenvalue weighted by Gasteiger charge is -2.18. The Morgan fingerprint density at radius 2 is 2.00 bits per heavy atom. The Bertz CT molecular complexity index is 471. The van der Waals surface area contributed by atoms with E-state index < -0.39 is 0 Å². The molecule has 5 heteroatoms. The van der Waals surface area contributed by atoms with E-state index in [0.717, 1.165) is 6.29 Å². The van der Waals surface area contributed by atoms with Gasteiger partial charge in [0.2, 0.25) is 0 Å². The minimum Gasteiger partial charge on any atom is -0.493 e. The molecule has 1 N–H and O–H groups in total. The van der Waals surface area contributed by atoms with E-state index in [1.165, 1.54) is 7.11 Å². The summed E-state index contributed by atoms with van der Waals surface area (Å²) in [6, 6.07) is 4.88. The Kier molecular flexibility index (Phi) is 6.03. The fourth-order valence-corrected chi connectivity index (χ4v) is 1.48. The van der Waals surface area contributed by atoms with Gasteiger partial charge in [-0.05, 0) is 31.0 Å². The Morgan fingerprint density at radius 3 is 2.55 bits per heavy atom. The second kappa shape index (κ2) is 7.53. The predicted molar refractivity (Wildman–Crippen MR) is 76.3 cm³/mol. The number of carbonyl (C=O) groups is 2. The van der Waals surface area contributed by atoms with Crippen molar-refractivity contribution in [3.8, 4) is 11.5 Å². The third-order valence-electron chi connectivity index (χ3n) is 3.07. The SMILES string of the molecule is COc1cc(C=O)ccc1OCC(=O)N[C@@H](C)C(C)C. The second-order valence-corrected chi connectivity index (χ2v) is 4.92. The highest BCUT2D eigenvalue weighted by atomic mass is 16.5. The Labute approximate surface area is 119 Å². The summed E-state index contributed by atoms with van der Waals surface area (Å²) in [7, 11) is 1.48. The Hall–Kier alpha value is -2.04. The van der Waals surface area contributed by atoms with Crippen LogP contribution in [-0.4, -0.2) is 32.0 Å². The molecule has 5 nitrogen and oxygen atoms in total. The summed E-state index contributed by atoms with van der Waals surface area (Å²) in [5.74, 6) is 1.04. The van der Waals surface area contributed by atoms with Crippen LogP contribution in [-0.2, 0) is 4.79 Å². The van der Waals surface area contributed by atoms with Crippen LogP contribution in [0.15, 0.2) is 18.2 Å². The zero-order valence-electron chi connectivity index (χ0n) is 12.3. The van der Waals surface area contributed by atoms with E-state index in [2.05, 4.69) is 5.32 Å². The summed E-state index contributed by atoms with van der Waals surface area (Å²) in [5.41, 5.74) is 0.493. The summed E-state index contributed by atoms with van der Waals surface area (Å²) in [6.07, 6.45) is 0.726. The zero-order valence-corrected chi connectivity index (χ0v) is 12.3. The van der Waals surface area contributed by atoms with Gasteiger partial charge in [0, 0.05) is 11.6 Å². The predicted octanol–water partition coefficient (Wildman–Crippen LogP) is 2.05. The number of hydrogen-bond donors (Lipinski definition) is 1. The van der Waals surface area contributed by atoms with Crippen LogP contribution in [0.5, 0.6) is 11.5 Å². The molecule has 0 saturated heterocycles. The molecule has 0 aliphatic rings. The molecular formula is C15H21NO4. The summed E-state index contributed by atoms with van der Waals surface area (Å²) >= 11 is 0. The van der Waals surface area contributed by atoms with Crippen LogP contribution in [0, 0.1) is 5.92 Å². The second-order valence-electron chi connectivity index (χ2n) is 4.92. The van der Waals surface area contributed by atoms with Gasteiger partial charge in [0.25, 0.3) is 5.91 Å². The van der Waals surface area contributed by atoms with Gasteiger partial charge >= 0.3 is 0 Å². The van der Waals surface area contributed by atoms with Crippen molar-refractivity contribution in [2.75, 3.05) is 13.7 Å². The number of amides is 1. The van der Waals surface area contributed by atoms with E-state index in [1.807, 2.05) is 20.8 Å². The number of benzene rings is 1. The van der Waals surface area contributed by atoms with Crippen molar-refractivity contribution in [1.82, 2.24) is 5.32 Å². The standard InChI is InChI=1S/C15H21NO4/c1-10(2)11(3)16-15(18)9-20-13-6-5-12(8-17)7-14(13)19-4/h5-8,10-11H,9H2,1-4H3,(H,16,18)/t11-/m0/s1. The monoisotopic (exact) mass is 279 g/mol. The molecule has 110 valence electrons. The highest BCUT2D eigenvalue weighted by Crippen LogP contribution is 2.27. The molecule has 0 radical (unpaired) electrons. The molecule has 0 fully saturated rings. The van der Waals surface area contributed by atoms with E-state index in [4.69, 9.17) is 9.47 Å². The van der Waals surface area contributed by atoms with Crippen LogP contribution < -0.4 is 14.8 Å². The number of methoxy groups -OCH3 is 1. The molecule has 1 aromatic rings. The molecule has 0 bridgehead atoms. The number of carbonyl (C=O) groups excluding carboxylic acids is 2. The fraction of sp³-hybridized carbons (Fsp3) is 0.467. The normalized spacial score (nSPS) is 11.8. The molecule has 1 amide bonds. The van der Waals surface area contributed by atoms with Gasteiger partial charge in [-0.1, -0.05) is 13.8 Å². The fourth-order valence-electron chi connectivity index (χ4n) is 1.48. The largest absolute Gasteiger partial charge is 0.493 e. The van der Waals surface area contributed by atoms with Gasteiger partial charge in [0.15, 0.2) is 18.1 Å². The minimum atomic E-state index is -0.187. The van der Waals surface area contributed by atoms with Crippen molar-refractivity contribution >= 4 is 12.2 Å². The van der Waals surface area contributed by atoms with Crippen molar-refractivity contribution in [2.24, 2.45) is 5.92 Å². The number of ether oxygens (including phenoxy) is 2. The van der Waals surface area contributed by atoms with Crippen LogP contribution in [0.25, 0.3) is 0 Å². The summed E-state index contributed by atoms with van der Waals surface area (Å²) < 4.78 is 10.5. The van der Waals surface area contributed by atoms with E-state index >= 15 is 0 Å². The van der Waals surface area contributed by atoms with Gasteiger partial charge in [0.05, 0.1) is 7.11 Å². The highest BCUT2D eigenvalue weighted by Gasteiger charge is 2.12. The maximum absolute atomic E-state index is 11.7. The maximum atomic E-state index is 11.7. The summed E-state index contributed by atoms with van der Waals surface area (Å²) in [6.45, 7) is 5.93. The Balaban J connectivity index is 2.61. The van der Waals surface area contributed by atoms with E-state index in [9.17, 15) is 9.59 Å². The molecule has 0 spiro atoms. The van der Waals surface area contributed by atoms with Crippen LogP contribution in [0.1, 0.15) is 31.1 Å². The number of aldehydes is 1. The van der Waals surface area contributed by atoms with Crippen molar-refractivity contribution in [3.63, 3.8) is 0 Å².